The molecule has 0 radical (unpaired) electrons. The van der Waals surface area contributed by atoms with Crippen LogP contribution < -0.4 is 10.0 Å². The number of carbonyl (C=O) groups is 1. The number of sulfonamides is 1. The molecule has 1 amide bonds. The monoisotopic (exact) mass is 386 g/mol. The third-order valence-corrected chi connectivity index (χ3v) is 5.40. The van der Waals surface area contributed by atoms with Gasteiger partial charge in [0.25, 0.3) is 5.91 Å². The van der Waals surface area contributed by atoms with Gasteiger partial charge < -0.3 is 5.32 Å². The van der Waals surface area contributed by atoms with Crippen molar-refractivity contribution in [3.8, 4) is 0 Å². The van der Waals surface area contributed by atoms with E-state index in [2.05, 4.69) is 10.0 Å². The fourth-order valence-corrected chi connectivity index (χ4v) is 3.04. The Labute approximate surface area is 151 Å². The molecule has 2 N–H and O–H groups in total. The molecule has 0 aliphatic rings. The molecule has 8 heteroatoms. The maximum atomic E-state index is 12.1. The lowest BCUT2D eigenvalue weighted by Crippen LogP contribution is -2.23. The fraction of sp³-hybridized carbons (Fsp3) is 0.188. The number of hydrogen-bond donors (Lipinski definition) is 2. The molecule has 0 saturated heterocycles. The summed E-state index contributed by atoms with van der Waals surface area (Å²) in [6, 6.07) is 11.6. The van der Waals surface area contributed by atoms with Crippen molar-refractivity contribution in [3.05, 3.63) is 69.2 Å². The van der Waals surface area contributed by atoms with Gasteiger partial charge in [-0.25, -0.2) is 13.1 Å². The van der Waals surface area contributed by atoms with Crippen molar-refractivity contribution in [1.29, 1.82) is 0 Å². The van der Waals surface area contributed by atoms with Gasteiger partial charge in [-0.3, -0.25) is 4.79 Å². The van der Waals surface area contributed by atoms with Gasteiger partial charge in [-0.2, -0.15) is 0 Å². The average molecular weight is 387 g/mol. The van der Waals surface area contributed by atoms with Gasteiger partial charge in [-0.15, -0.1) is 0 Å². The third-order valence-electron chi connectivity index (χ3n) is 3.33. The summed E-state index contributed by atoms with van der Waals surface area (Å²) in [7, 11) is -1.92. The lowest BCUT2D eigenvalue weighted by atomic mass is 10.1. The van der Waals surface area contributed by atoms with Gasteiger partial charge >= 0.3 is 0 Å². The summed E-state index contributed by atoms with van der Waals surface area (Å²) in [6.45, 7) is 0.318. The summed E-state index contributed by atoms with van der Waals surface area (Å²) >= 11 is 11.7. The van der Waals surface area contributed by atoms with Crippen molar-refractivity contribution in [2.75, 3.05) is 7.05 Å². The Hall–Kier alpha value is -1.60. The first-order chi connectivity index (χ1) is 11.3. The number of amides is 1. The lowest BCUT2D eigenvalue weighted by Gasteiger charge is -2.08. The predicted molar refractivity (Wildman–Crippen MR) is 95.8 cm³/mol. The first-order valence-electron chi connectivity index (χ1n) is 7.03. The van der Waals surface area contributed by atoms with Crippen LogP contribution in [0.4, 0.5) is 0 Å². The minimum Gasteiger partial charge on any atom is -0.348 e. The van der Waals surface area contributed by atoms with E-state index >= 15 is 0 Å². The fourth-order valence-electron chi connectivity index (χ4n) is 1.97. The molecule has 0 aliphatic carbocycles. The quantitative estimate of drug-likeness (QED) is 0.800. The van der Waals surface area contributed by atoms with Gasteiger partial charge in [0.05, 0.1) is 15.8 Å². The molecule has 0 unspecified atom stereocenters. The van der Waals surface area contributed by atoms with E-state index in [1.54, 1.807) is 36.4 Å². The van der Waals surface area contributed by atoms with Crippen LogP contribution in [0.15, 0.2) is 42.5 Å². The standard InChI is InChI=1S/C16H16Cl2N2O3S/c1-19-24(22,23)10-12-4-2-11(3-5-12)9-20-16(21)13-6-7-14(17)15(18)8-13/h2-8,19H,9-10H2,1H3,(H,20,21). The number of hydrogen-bond acceptors (Lipinski definition) is 3. The van der Waals surface area contributed by atoms with Gasteiger partial charge in [0.15, 0.2) is 0 Å². The van der Waals surface area contributed by atoms with Crippen LogP contribution in [0.25, 0.3) is 0 Å². The summed E-state index contributed by atoms with van der Waals surface area (Å²) in [5.74, 6) is -0.352. The summed E-state index contributed by atoms with van der Waals surface area (Å²) in [4.78, 5) is 12.1. The second-order valence-electron chi connectivity index (χ2n) is 5.09. The van der Waals surface area contributed by atoms with Crippen LogP contribution in [0.2, 0.25) is 10.0 Å². The second-order valence-corrected chi connectivity index (χ2v) is 7.83. The second kappa shape index (κ2) is 7.98. The van der Waals surface area contributed by atoms with E-state index in [-0.39, 0.29) is 11.7 Å². The van der Waals surface area contributed by atoms with Crippen LogP contribution in [0, 0.1) is 0 Å². The Kier molecular flexibility index (Phi) is 6.23. The first kappa shape index (κ1) is 18.7. The highest BCUT2D eigenvalue weighted by atomic mass is 35.5. The zero-order chi connectivity index (χ0) is 17.7. The maximum Gasteiger partial charge on any atom is 0.251 e. The van der Waals surface area contributed by atoms with E-state index in [0.29, 0.717) is 27.7 Å². The molecule has 2 aromatic carbocycles. The van der Waals surface area contributed by atoms with Gasteiger partial charge in [-0.1, -0.05) is 47.5 Å². The van der Waals surface area contributed by atoms with Crippen LogP contribution in [0.5, 0.6) is 0 Å². The molecule has 0 fully saturated rings. The Balaban J connectivity index is 1.96. The van der Waals surface area contributed by atoms with Crippen molar-refractivity contribution < 1.29 is 13.2 Å². The van der Waals surface area contributed by atoms with E-state index in [1.807, 2.05) is 0 Å². The van der Waals surface area contributed by atoms with E-state index in [4.69, 9.17) is 23.2 Å². The maximum absolute atomic E-state index is 12.1. The van der Waals surface area contributed by atoms with Crippen LogP contribution in [-0.4, -0.2) is 21.4 Å². The van der Waals surface area contributed by atoms with Crippen LogP contribution in [0.1, 0.15) is 21.5 Å². The number of carbonyl (C=O) groups excluding carboxylic acids is 1. The molecule has 5 nitrogen and oxygen atoms in total. The molecule has 128 valence electrons. The highest BCUT2D eigenvalue weighted by molar-refractivity contribution is 7.88. The highest BCUT2D eigenvalue weighted by Crippen LogP contribution is 2.22. The zero-order valence-electron chi connectivity index (χ0n) is 12.8. The van der Waals surface area contributed by atoms with Gasteiger partial charge in [0.2, 0.25) is 10.0 Å². The molecule has 24 heavy (non-hydrogen) atoms. The smallest absolute Gasteiger partial charge is 0.251 e. The number of halogens is 2. The summed E-state index contributed by atoms with van der Waals surface area (Å²) in [6.07, 6.45) is 0. The van der Waals surface area contributed by atoms with Crippen molar-refractivity contribution in [2.24, 2.45) is 0 Å². The molecule has 2 aromatic rings. The molecule has 2 rings (SSSR count). The van der Waals surface area contributed by atoms with Crippen molar-refractivity contribution >= 4 is 39.1 Å². The van der Waals surface area contributed by atoms with Gasteiger partial charge in [0, 0.05) is 12.1 Å². The number of nitrogens with one attached hydrogen (secondary N) is 2. The van der Waals surface area contributed by atoms with Crippen LogP contribution >= 0.6 is 23.2 Å². The van der Waals surface area contributed by atoms with E-state index in [9.17, 15) is 13.2 Å². The molecule has 0 spiro atoms. The molecule has 0 heterocycles. The Morgan fingerprint density at radius 2 is 1.62 bits per heavy atom. The molecule has 0 aromatic heterocycles. The van der Waals surface area contributed by atoms with Crippen LogP contribution in [-0.2, 0) is 22.3 Å². The Morgan fingerprint density at radius 3 is 2.21 bits per heavy atom. The topological polar surface area (TPSA) is 75.3 Å². The minimum atomic E-state index is -3.30. The minimum absolute atomic E-state index is 0.0839. The zero-order valence-corrected chi connectivity index (χ0v) is 15.2. The number of rotatable bonds is 6. The van der Waals surface area contributed by atoms with Crippen molar-refractivity contribution in [1.82, 2.24) is 10.0 Å². The number of benzene rings is 2. The van der Waals surface area contributed by atoms with Gasteiger partial charge in [-0.05, 0) is 36.4 Å². The summed E-state index contributed by atoms with van der Waals surface area (Å²) < 4.78 is 25.2. The summed E-state index contributed by atoms with van der Waals surface area (Å²) in [5, 5.41) is 3.48. The van der Waals surface area contributed by atoms with Crippen molar-refractivity contribution in [3.63, 3.8) is 0 Å². The Morgan fingerprint density at radius 1 is 1.00 bits per heavy atom. The molecular formula is C16H16Cl2N2O3S. The molecular weight excluding hydrogens is 371 g/mol. The molecule has 0 aliphatic heterocycles. The molecule has 0 saturated carbocycles. The van der Waals surface area contributed by atoms with E-state index < -0.39 is 10.0 Å². The average Bonchev–Trinajstić information content (AvgIpc) is 2.56. The third kappa shape index (κ3) is 5.21. The van der Waals surface area contributed by atoms with Crippen LogP contribution in [0.3, 0.4) is 0 Å². The summed E-state index contributed by atoms with van der Waals surface area (Å²) in [5.41, 5.74) is 1.94. The van der Waals surface area contributed by atoms with Crippen molar-refractivity contribution in [2.45, 2.75) is 12.3 Å². The van der Waals surface area contributed by atoms with Gasteiger partial charge in [0.1, 0.15) is 0 Å². The highest BCUT2D eigenvalue weighted by Gasteiger charge is 2.10. The first-order valence-corrected chi connectivity index (χ1v) is 9.44. The SMILES string of the molecule is CNS(=O)(=O)Cc1ccc(CNC(=O)c2ccc(Cl)c(Cl)c2)cc1. The Bertz CT molecular complexity index is 837. The predicted octanol–water partition coefficient (Wildman–Crippen LogP) is 2.97. The lowest BCUT2D eigenvalue weighted by molar-refractivity contribution is 0.0951. The molecule has 0 atom stereocenters. The van der Waals surface area contributed by atoms with E-state index in [0.717, 1.165) is 5.56 Å². The normalized spacial score (nSPS) is 11.3. The molecule has 0 bridgehead atoms. The van der Waals surface area contributed by atoms with E-state index in [1.165, 1.54) is 13.1 Å². The largest absolute Gasteiger partial charge is 0.348 e.